The largest absolute Gasteiger partial charge is 0.481 e. The molecule has 0 spiro atoms. The molecule has 8 heteroatoms. The molecule has 4 aliphatic rings. The van der Waals surface area contributed by atoms with Gasteiger partial charge in [-0.25, -0.2) is 0 Å². The summed E-state index contributed by atoms with van der Waals surface area (Å²) in [7, 11) is 0. The Morgan fingerprint density at radius 1 is 0.349 bits per heavy atom. The maximum absolute atomic E-state index is 11.4. The van der Waals surface area contributed by atoms with E-state index in [-0.39, 0.29) is 0 Å². The Labute approximate surface area is 531 Å². The molecule has 0 bridgehead atoms. The summed E-state index contributed by atoms with van der Waals surface area (Å²) in [4.78, 5) is 45.5. The first-order valence-corrected chi connectivity index (χ1v) is 38.7. The van der Waals surface area contributed by atoms with Crippen LogP contribution in [0.2, 0.25) is 0 Å². The minimum atomic E-state index is -0.663. The zero-order valence-corrected chi connectivity index (χ0v) is 57.3. The van der Waals surface area contributed by atoms with Gasteiger partial charge in [0.25, 0.3) is 0 Å². The first-order chi connectivity index (χ1) is 41.8. The van der Waals surface area contributed by atoms with Crippen LogP contribution in [0.15, 0.2) is 0 Å². The Morgan fingerprint density at radius 3 is 1.16 bits per heavy atom. The SMILES string of the molecule is CCCCCCC1C2CCC2C(CCCCCCCC(=O)O)C(CCCCCCCC(=O)O)C1CC1(C(CCCCC)CCC2C(CCCCCCCC(=O)O)C2C(CCCCCCCC(=O)O)CCCCC(C)CCCCC)CC1CCCCC. The van der Waals surface area contributed by atoms with Crippen molar-refractivity contribution in [2.45, 2.75) is 388 Å². The standard InChI is InChI=1S/C78H142O8/c1-6-10-14-31-48-67-69-58-57-68(69)65(47-32-20-16-24-36-52-74(81)82)66(49-33-21-17-25-37-53-75(83)84)72(67)60-78(59-64(78)46-29-13-9-4)63(45-28-12-8-3)55-56-71-70(50-34-22-18-26-38-54-76(85)86)77(71)62(43-30-19-15-23-35-51-73(79)80)44-40-39-42-61(5)41-27-11-7-2/h61-72,77H,6-60H2,1-5H3,(H,79,80)(H,81,82)(H,83,84)(H,85,86). The van der Waals surface area contributed by atoms with E-state index in [2.05, 4.69) is 34.6 Å². The Balaban J connectivity index is 1.69. The number of hydrogen-bond donors (Lipinski definition) is 4. The zero-order chi connectivity index (χ0) is 62.2. The summed E-state index contributed by atoms with van der Waals surface area (Å²) >= 11 is 0. The smallest absolute Gasteiger partial charge is 0.303 e. The Kier molecular flexibility index (Phi) is 40.8. The molecule has 0 heterocycles. The van der Waals surface area contributed by atoms with E-state index >= 15 is 0 Å². The summed E-state index contributed by atoms with van der Waals surface area (Å²) in [5.74, 6) is 8.27. The van der Waals surface area contributed by atoms with Gasteiger partial charge in [0.15, 0.2) is 0 Å². The molecule has 4 aliphatic carbocycles. The summed E-state index contributed by atoms with van der Waals surface area (Å²) in [5.41, 5.74) is 0.470. The molecule has 0 amide bonds. The van der Waals surface area contributed by atoms with E-state index < -0.39 is 23.9 Å². The molecule has 502 valence electrons. The highest BCUT2D eigenvalue weighted by Gasteiger charge is 2.62. The van der Waals surface area contributed by atoms with Crippen molar-refractivity contribution in [3.05, 3.63) is 0 Å². The molecule has 86 heavy (non-hydrogen) atoms. The van der Waals surface area contributed by atoms with Gasteiger partial charge in [-0.3, -0.25) is 19.2 Å². The van der Waals surface area contributed by atoms with Crippen LogP contribution in [0, 0.1) is 82.3 Å². The third-order valence-corrected chi connectivity index (χ3v) is 23.9. The predicted molar refractivity (Wildman–Crippen MR) is 361 cm³/mol. The van der Waals surface area contributed by atoms with Gasteiger partial charge in [-0.15, -0.1) is 0 Å². The summed E-state index contributed by atoms with van der Waals surface area (Å²) in [6.07, 6.45) is 66.1. The van der Waals surface area contributed by atoms with Crippen LogP contribution in [0.5, 0.6) is 0 Å². The van der Waals surface area contributed by atoms with E-state index in [0.29, 0.717) is 31.1 Å². The first-order valence-electron chi connectivity index (χ1n) is 38.7. The quantitative estimate of drug-likeness (QED) is 0.0440. The summed E-state index contributed by atoms with van der Waals surface area (Å²) < 4.78 is 0. The van der Waals surface area contributed by atoms with Crippen LogP contribution in [0.4, 0.5) is 0 Å². The average Bonchev–Trinajstić information content (AvgIpc) is 2.91. The van der Waals surface area contributed by atoms with Crippen molar-refractivity contribution in [1.82, 2.24) is 0 Å². The second-order valence-corrected chi connectivity index (χ2v) is 30.4. The number of rotatable bonds is 61. The highest BCUT2D eigenvalue weighted by atomic mass is 16.4. The molecular formula is C78H142O8. The number of carboxylic acid groups (broad SMARTS) is 4. The van der Waals surface area contributed by atoms with Crippen LogP contribution < -0.4 is 0 Å². The highest BCUT2D eigenvalue weighted by molar-refractivity contribution is 5.67. The highest BCUT2D eigenvalue weighted by Crippen LogP contribution is 2.70. The van der Waals surface area contributed by atoms with Crippen LogP contribution in [-0.2, 0) is 19.2 Å². The van der Waals surface area contributed by atoms with E-state index in [4.69, 9.17) is 0 Å². The van der Waals surface area contributed by atoms with Gasteiger partial charge < -0.3 is 20.4 Å². The molecule has 14 atom stereocenters. The zero-order valence-electron chi connectivity index (χ0n) is 57.3. The maximum atomic E-state index is 11.4. The van der Waals surface area contributed by atoms with Crippen molar-refractivity contribution in [3.63, 3.8) is 0 Å². The normalized spacial score (nSPS) is 26.0. The van der Waals surface area contributed by atoms with E-state index in [9.17, 15) is 39.6 Å². The molecule has 0 aromatic carbocycles. The van der Waals surface area contributed by atoms with Gasteiger partial charge in [0.2, 0.25) is 0 Å². The Bertz CT molecular complexity index is 1750. The number of unbranched alkanes of at least 4 members (excludes halogenated alkanes) is 26. The van der Waals surface area contributed by atoms with Gasteiger partial charge in [-0.2, -0.15) is 0 Å². The lowest BCUT2D eigenvalue weighted by molar-refractivity contribution is -0.138. The van der Waals surface area contributed by atoms with E-state index in [0.717, 1.165) is 154 Å². The predicted octanol–water partition coefficient (Wildman–Crippen LogP) is 23.9. The monoisotopic (exact) mass is 1210 g/mol. The first kappa shape index (κ1) is 76.3. The Hall–Kier alpha value is -2.12. The lowest BCUT2D eigenvalue weighted by atomic mass is 9.46. The molecule has 0 aromatic rings. The molecule has 14 unspecified atom stereocenters. The topological polar surface area (TPSA) is 149 Å². The maximum Gasteiger partial charge on any atom is 0.303 e. The minimum Gasteiger partial charge on any atom is -0.481 e. The number of aliphatic carboxylic acids is 4. The fraction of sp³-hybridized carbons (Fsp3) is 0.949. The van der Waals surface area contributed by atoms with Gasteiger partial charge in [0.1, 0.15) is 0 Å². The van der Waals surface area contributed by atoms with Crippen LogP contribution in [0.25, 0.3) is 0 Å². The summed E-state index contributed by atoms with van der Waals surface area (Å²) in [5, 5.41) is 37.4. The third kappa shape index (κ3) is 29.9. The van der Waals surface area contributed by atoms with E-state index in [1.54, 1.807) is 0 Å². The molecule has 4 fully saturated rings. The number of fused-ring (bicyclic) bond motifs is 1. The van der Waals surface area contributed by atoms with Gasteiger partial charge in [-0.05, 0) is 185 Å². The molecule has 4 rings (SSSR count). The number of carboxylic acids is 4. The molecule has 0 saturated heterocycles. The van der Waals surface area contributed by atoms with Crippen LogP contribution in [0.3, 0.4) is 0 Å². The lowest BCUT2D eigenvalue weighted by Gasteiger charge is -2.59. The molecule has 4 N–H and O–H groups in total. The third-order valence-electron chi connectivity index (χ3n) is 23.9. The molecule has 0 radical (unpaired) electrons. The fourth-order valence-corrected chi connectivity index (χ4v) is 18.9. The summed E-state index contributed by atoms with van der Waals surface area (Å²) in [6, 6.07) is 0. The summed E-state index contributed by atoms with van der Waals surface area (Å²) in [6.45, 7) is 12.0. The average molecular weight is 1210 g/mol. The van der Waals surface area contributed by atoms with Crippen molar-refractivity contribution in [2.24, 2.45) is 82.3 Å². The van der Waals surface area contributed by atoms with Gasteiger partial charge >= 0.3 is 23.9 Å². The van der Waals surface area contributed by atoms with Crippen molar-refractivity contribution >= 4 is 23.9 Å². The van der Waals surface area contributed by atoms with Crippen molar-refractivity contribution in [3.8, 4) is 0 Å². The van der Waals surface area contributed by atoms with E-state index in [1.165, 1.54) is 250 Å². The van der Waals surface area contributed by atoms with Gasteiger partial charge in [0, 0.05) is 25.7 Å². The van der Waals surface area contributed by atoms with Crippen LogP contribution >= 0.6 is 0 Å². The van der Waals surface area contributed by atoms with Crippen molar-refractivity contribution in [1.29, 1.82) is 0 Å². The lowest BCUT2D eigenvalue weighted by Crippen LogP contribution is -2.52. The van der Waals surface area contributed by atoms with Crippen LogP contribution in [-0.4, -0.2) is 44.3 Å². The number of carbonyl (C=O) groups is 4. The Morgan fingerprint density at radius 2 is 0.686 bits per heavy atom. The molecule has 0 aromatic heterocycles. The number of hydrogen-bond acceptors (Lipinski definition) is 4. The molecule has 0 aliphatic heterocycles. The van der Waals surface area contributed by atoms with Crippen molar-refractivity contribution in [2.75, 3.05) is 0 Å². The van der Waals surface area contributed by atoms with Gasteiger partial charge in [0.05, 0.1) is 0 Å². The molecular weight excluding hydrogens is 1060 g/mol. The molecule has 4 saturated carbocycles. The van der Waals surface area contributed by atoms with E-state index in [1.807, 2.05) is 0 Å². The fourth-order valence-electron chi connectivity index (χ4n) is 18.9. The second kappa shape index (κ2) is 46.0. The van der Waals surface area contributed by atoms with Gasteiger partial charge in [-0.1, -0.05) is 259 Å². The molecule has 8 nitrogen and oxygen atoms in total. The van der Waals surface area contributed by atoms with Crippen LogP contribution in [0.1, 0.15) is 388 Å². The minimum absolute atomic E-state index is 0.296. The van der Waals surface area contributed by atoms with Crippen molar-refractivity contribution < 1.29 is 39.6 Å². The second-order valence-electron chi connectivity index (χ2n) is 30.4.